The van der Waals surface area contributed by atoms with Gasteiger partial charge in [0, 0.05) is 0 Å². The lowest BCUT2D eigenvalue weighted by atomic mass is 10.3. The quantitative estimate of drug-likeness (QED) is 0.600. The Kier molecular flexibility index (Phi) is 3.65. The number of hydrogen-bond donors (Lipinski definition) is 2. The van der Waals surface area contributed by atoms with Gasteiger partial charge in [0.1, 0.15) is 5.75 Å². The Hall–Kier alpha value is -2.90. The molecule has 0 radical (unpaired) electrons. The third-order valence-electron chi connectivity index (χ3n) is 2.52. The van der Waals surface area contributed by atoms with Crippen molar-refractivity contribution in [2.75, 3.05) is 7.11 Å². The SMILES string of the molecule is COc1ccc(-n2nc(C)c(C(=O)N=C(N)N)n2)cc1. The molecule has 8 heteroatoms. The zero-order valence-electron chi connectivity index (χ0n) is 11.1. The Bertz CT molecular complexity index is 655. The summed E-state index contributed by atoms with van der Waals surface area (Å²) in [4.78, 5) is 16.5. The molecule has 0 saturated carbocycles. The van der Waals surface area contributed by atoms with Crippen LogP contribution in [0.5, 0.6) is 5.75 Å². The van der Waals surface area contributed by atoms with Crippen LogP contribution in [0.3, 0.4) is 0 Å². The van der Waals surface area contributed by atoms with E-state index in [1.807, 2.05) is 0 Å². The summed E-state index contributed by atoms with van der Waals surface area (Å²) in [7, 11) is 1.58. The highest BCUT2D eigenvalue weighted by atomic mass is 16.5. The van der Waals surface area contributed by atoms with Crippen molar-refractivity contribution >= 4 is 11.9 Å². The first-order chi connectivity index (χ1) is 9.51. The topological polar surface area (TPSA) is 121 Å². The number of rotatable bonds is 3. The molecule has 0 saturated heterocycles. The molecule has 0 aliphatic heterocycles. The number of ether oxygens (including phenoxy) is 1. The molecular weight excluding hydrogens is 260 g/mol. The van der Waals surface area contributed by atoms with Crippen LogP contribution in [-0.4, -0.2) is 34.0 Å². The van der Waals surface area contributed by atoms with Crippen molar-refractivity contribution in [1.82, 2.24) is 15.0 Å². The number of amides is 1. The molecule has 0 fully saturated rings. The minimum absolute atomic E-state index is 0.106. The van der Waals surface area contributed by atoms with E-state index in [1.165, 1.54) is 4.80 Å². The van der Waals surface area contributed by atoms with Gasteiger partial charge in [-0.2, -0.15) is 14.9 Å². The van der Waals surface area contributed by atoms with E-state index in [0.717, 1.165) is 5.75 Å². The van der Waals surface area contributed by atoms with Crippen LogP contribution >= 0.6 is 0 Å². The maximum Gasteiger partial charge on any atom is 0.302 e. The summed E-state index contributed by atoms with van der Waals surface area (Å²) in [6, 6.07) is 7.08. The van der Waals surface area contributed by atoms with E-state index >= 15 is 0 Å². The van der Waals surface area contributed by atoms with Crippen LogP contribution in [0.15, 0.2) is 29.3 Å². The van der Waals surface area contributed by atoms with Crippen LogP contribution in [0.25, 0.3) is 5.69 Å². The second-order valence-corrected chi connectivity index (χ2v) is 3.96. The third-order valence-corrected chi connectivity index (χ3v) is 2.52. The second kappa shape index (κ2) is 5.39. The lowest BCUT2D eigenvalue weighted by Gasteiger charge is -2.01. The average Bonchev–Trinajstić information content (AvgIpc) is 2.80. The van der Waals surface area contributed by atoms with Crippen LogP contribution in [0.4, 0.5) is 0 Å². The normalized spacial score (nSPS) is 10.1. The number of aromatic nitrogens is 3. The highest BCUT2D eigenvalue weighted by Gasteiger charge is 2.16. The number of guanidine groups is 1. The smallest absolute Gasteiger partial charge is 0.302 e. The first-order valence-corrected chi connectivity index (χ1v) is 5.73. The van der Waals surface area contributed by atoms with Crippen LogP contribution in [-0.2, 0) is 0 Å². The highest BCUT2D eigenvalue weighted by Crippen LogP contribution is 2.14. The van der Waals surface area contributed by atoms with E-state index in [2.05, 4.69) is 15.2 Å². The third kappa shape index (κ3) is 2.74. The largest absolute Gasteiger partial charge is 0.497 e. The molecule has 104 valence electrons. The standard InChI is InChI=1S/C12H14N6O2/c1-7-10(11(19)15-12(13)14)17-18(16-7)8-3-5-9(20-2)6-4-8/h3-6H,1-2H3,(H4,13,14,15,19). The summed E-state index contributed by atoms with van der Waals surface area (Å²) in [5.41, 5.74) is 11.6. The van der Waals surface area contributed by atoms with Crippen molar-refractivity contribution in [3.63, 3.8) is 0 Å². The fourth-order valence-electron chi connectivity index (χ4n) is 1.58. The number of carbonyl (C=O) groups excluding carboxylic acids is 1. The van der Waals surface area contributed by atoms with Crippen LogP contribution in [0.1, 0.15) is 16.2 Å². The average molecular weight is 274 g/mol. The van der Waals surface area contributed by atoms with Gasteiger partial charge >= 0.3 is 5.91 Å². The molecule has 0 aliphatic rings. The number of nitrogens with two attached hydrogens (primary N) is 2. The Balaban J connectivity index is 2.35. The predicted octanol–water partition coefficient (Wildman–Crippen LogP) is -0.00208. The van der Waals surface area contributed by atoms with Gasteiger partial charge < -0.3 is 16.2 Å². The zero-order chi connectivity index (χ0) is 14.7. The van der Waals surface area contributed by atoms with Gasteiger partial charge in [-0.05, 0) is 31.2 Å². The maximum atomic E-state index is 11.7. The van der Waals surface area contributed by atoms with Gasteiger partial charge in [-0.25, -0.2) is 0 Å². The number of nitrogens with zero attached hydrogens (tertiary/aromatic N) is 4. The van der Waals surface area contributed by atoms with Gasteiger partial charge in [-0.15, -0.1) is 5.10 Å². The molecule has 8 nitrogen and oxygen atoms in total. The summed E-state index contributed by atoms with van der Waals surface area (Å²) in [5, 5.41) is 8.24. The van der Waals surface area contributed by atoms with Crippen molar-refractivity contribution in [2.24, 2.45) is 16.5 Å². The van der Waals surface area contributed by atoms with Crippen molar-refractivity contribution < 1.29 is 9.53 Å². The Morgan fingerprint density at radius 1 is 1.25 bits per heavy atom. The van der Waals surface area contributed by atoms with Crippen molar-refractivity contribution in [3.05, 3.63) is 35.7 Å². The lowest BCUT2D eigenvalue weighted by molar-refractivity contribution is 0.0997. The lowest BCUT2D eigenvalue weighted by Crippen LogP contribution is -2.24. The molecule has 0 aliphatic carbocycles. The number of hydrogen-bond acceptors (Lipinski definition) is 4. The van der Waals surface area contributed by atoms with Gasteiger partial charge in [0.05, 0.1) is 18.5 Å². The number of benzene rings is 1. The van der Waals surface area contributed by atoms with E-state index in [1.54, 1.807) is 38.3 Å². The van der Waals surface area contributed by atoms with E-state index in [9.17, 15) is 4.79 Å². The predicted molar refractivity (Wildman–Crippen MR) is 72.8 cm³/mol. The monoisotopic (exact) mass is 274 g/mol. The molecule has 1 amide bonds. The zero-order valence-corrected chi connectivity index (χ0v) is 11.1. The number of aryl methyl sites for hydroxylation is 1. The Labute approximate surface area is 115 Å². The number of methoxy groups -OCH3 is 1. The molecule has 0 spiro atoms. The van der Waals surface area contributed by atoms with Gasteiger partial charge in [-0.3, -0.25) is 4.79 Å². The molecule has 2 rings (SSSR count). The Morgan fingerprint density at radius 2 is 1.90 bits per heavy atom. The van der Waals surface area contributed by atoms with E-state index in [0.29, 0.717) is 11.4 Å². The van der Waals surface area contributed by atoms with Crippen molar-refractivity contribution in [1.29, 1.82) is 0 Å². The summed E-state index contributed by atoms with van der Waals surface area (Å²) >= 11 is 0. The molecule has 0 bridgehead atoms. The van der Waals surface area contributed by atoms with E-state index in [4.69, 9.17) is 16.2 Å². The van der Waals surface area contributed by atoms with Crippen LogP contribution in [0.2, 0.25) is 0 Å². The molecule has 0 atom stereocenters. The highest BCUT2D eigenvalue weighted by molar-refractivity contribution is 6.01. The molecule has 4 N–H and O–H groups in total. The molecule has 1 aromatic carbocycles. The van der Waals surface area contributed by atoms with Crippen LogP contribution < -0.4 is 16.2 Å². The molecule has 1 heterocycles. The fourth-order valence-corrected chi connectivity index (χ4v) is 1.58. The number of carbonyl (C=O) groups is 1. The van der Waals surface area contributed by atoms with Gasteiger partial charge in [0.15, 0.2) is 11.7 Å². The first-order valence-electron chi connectivity index (χ1n) is 5.73. The van der Waals surface area contributed by atoms with Crippen molar-refractivity contribution in [3.8, 4) is 11.4 Å². The first kappa shape index (κ1) is 13.5. The van der Waals surface area contributed by atoms with Crippen molar-refractivity contribution in [2.45, 2.75) is 6.92 Å². The molecular formula is C12H14N6O2. The molecule has 1 aromatic heterocycles. The summed E-state index contributed by atoms with van der Waals surface area (Å²) in [5.74, 6) is -0.218. The summed E-state index contributed by atoms with van der Waals surface area (Å²) in [6.45, 7) is 1.66. The van der Waals surface area contributed by atoms with E-state index < -0.39 is 5.91 Å². The van der Waals surface area contributed by atoms with Gasteiger partial charge in [0.25, 0.3) is 0 Å². The molecule has 0 unspecified atom stereocenters. The molecule has 20 heavy (non-hydrogen) atoms. The fraction of sp³-hybridized carbons (Fsp3) is 0.167. The maximum absolute atomic E-state index is 11.7. The van der Waals surface area contributed by atoms with Crippen LogP contribution in [0, 0.1) is 6.92 Å². The Morgan fingerprint density at radius 3 is 2.45 bits per heavy atom. The van der Waals surface area contributed by atoms with E-state index in [-0.39, 0.29) is 11.7 Å². The number of aliphatic imine (C=N–C) groups is 1. The second-order valence-electron chi connectivity index (χ2n) is 3.96. The summed E-state index contributed by atoms with van der Waals surface area (Å²) < 4.78 is 5.07. The van der Waals surface area contributed by atoms with Gasteiger partial charge in [0.2, 0.25) is 0 Å². The molecule has 2 aromatic rings. The van der Waals surface area contributed by atoms with Gasteiger partial charge in [-0.1, -0.05) is 0 Å². The minimum Gasteiger partial charge on any atom is -0.497 e. The summed E-state index contributed by atoms with van der Waals surface area (Å²) in [6.07, 6.45) is 0. The minimum atomic E-state index is -0.623.